The SMILES string of the molecule is NC(=O)c1cn(CC(=O)O)c2ccc(O)cc12. The summed E-state index contributed by atoms with van der Waals surface area (Å²) in [5.41, 5.74) is 5.93. The van der Waals surface area contributed by atoms with Gasteiger partial charge in [-0.25, -0.2) is 0 Å². The fourth-order valence-electron chi connectivity index (χ4n) is 1.76. The molecule has 1 heterocycles. The Hall–Kier alpha value is -2.50. The van der Waals surface area contributed by atoms with E-state index in [0.717, 1.165) is 0 Å². The Morgan fingerprint density at radius 2 is 2.06 bits per heavy atom. The van der Waals surface area contributed by atoms with Crippen molar-refractivity contribution >= 4 is 22.8 Å². The molecule has 1 aromatic heterocycles. The van der Waals surface area contributed by atoms with Crippen LogP contribution in [-0.4, -0.2) is 26.7 Å². The van der Waals surface area contributed by atoms with Crippen molar-refractivity contribution in [3.05, 3.63) is 30.0 Å². The summed E-state index contributed by atoms with van der Waals surface area (Å²) in [6.45, 7) is -0.269. The van der Waals surface area contributed by atoms with E-state index in [0.29, 0.717) is 10.9 Å². The van der Waals surface area contributed by atoms with Crippen LogP contribution in [0, 0.1) is 0 Å². The molecule has 0 spiro atoms. The van der Waals surface area contributed by atoms with Gasteiger partial charge < -0.3 is 20.5 Å². The lowest BCUT2D eigenvalue weighted by Gasteiger charge is -2.00. The van der Waals surface area contributed by atoms with Gasteiger partial charge >= 0.3 is 5.97 Å². The number of carboxylic acid groups (broad SMARTS) is 1. The number of hydrogen-bond acceptors (Lipinski definition) is 3. The van der Waals surface area contributed by atoms with Crippen LogP contribution in [0.3, 0.4) is 0 Å². The van der Waals surface area contributed by atoms with Crippen molar-refractivity contribution in [3.63, 3.8) is 0 Å². The number of benzene rings is 1. The highest BCUT2D eigenvalue weighted by Crippen LogP contribution is 2.25. The van der Waals surface area contributed by atoms with E-state index in [1.807, 2.05) is 0 Å². The number of primary amides is 1. The quantitative estimate of drug-likeness (QED) is 0.720. The van der Waals surface area contributed by atoms with Crippen molar-refractivity contribution in [2.24, 2.45) is 5.73 Å². The van der Waals surface area contributed by atoms with Gasteiger partial charge in [0.2, 0.25) is 0 Å². The van der Waals surface area contributed by atoms with Crippen LogP contribution >= 0.6 is 0 Å². The Balaban J connectivity index is 2.70. The van der Waals surface area contributed by atoms with E-state index >= 15 is 0 Å². The summed E-state index contributed by atoms with van der Waals surface area (Å²) >= 11 is 0. The molecule has 0 aliphatic carbocycles. The molecule has 0 saturated carbocycles. The van der Waals surface area contributed by atoms with E-state index in [9.17, 15) is 14.7 Å². The Morgan fingerprint density at radius 1 is 1.35 bits per heavy atom. The zero-order chi connectivity index (χ0) is 12.6. The first kappa shape index (κ1) is 11.0. The highest BCUT2D eigenvalue weighted by Gasteiger charge is 2.14. The van der Waals surface area contributed by atoms with Crippen LogP contribution in [-0.2, 0) is 11.3 Å². The second-order valence-electron chi connectivity index (χ2n) is 3.63. The number of phenolic OH excluding ortho intramolecular Hbond substituents is 1. The Bertz CT molecular complexity index is 615. The highest BCUT2D eigenvalue weighted by molar-refractivity contribution is 6.06. The van der Waals surface area contributed by atoms with Crippen LogP contribution < -0.4 is 5.73 Å². The predicted molar refractivity (Wildman–Crippen MR) is 59.8 cm³/mol. The average Bonchev–Trinajstić information content (AvgIpc) is 2.55. The molecule has 2 aromatic rings. The molecule has 6 heteroatoms. The topological polar surface area (TPSA) is 106 Å². The average molecular weight is 234 g/mol. The van der Waals surface area contributed by atoms with Gasteiger partial charge in [0.1, 0.15) is 12.3 Å². The van der Waals surface area contributed by atoms with Crippen molar-refractivity contribution in [3.8, 4) is 5.75 Å². The zero-order valence-corrected chi connectivity index (χ0v) is 8.75. The molecule has 2 rings (SSSR count). The second-order valence-corrected chi connectivity index (χ2v) is 3.63. The number of fused-ring (bicyclic) bond motifs is 1. The molecule has 4 N–H and O–H groups in total. The molecule has 0 atom stereocenters. The van der Waals surface area contributed by atoms with Gasteiger partial charge in [0.25, 0.3) is 5.91 Å². The number of phenols is 1. The van der Waals surface area contributed by atoms with Crippen LogP contribution in [0.25, 0.3) is 10.9 Å². The first-order valence-corrected chi connectivity index (χ1v) is 4.82. The summed E-state index contributed by atoms with van der Waals surface area (Å²) in [4.78, 5) is 21.9. The molecule has 0 radical (unpaired) electrons. The van der Waals surface area contributed by atoms with Crippen LogP contribution in [0.4, 0.5) is 0 Å². The molecule has 0 saturated heterocycles. The molecule has 1 amide bonds. The minimum Gasteiger partial charge on any atom is -0.508 e. The number of nitrogens with two attached hydrogens (primary N) is 1. The summed E-state index contributed by atoms with van der Waals surface area (Å²) in [7, 11) is 0. The maximum atomic E-state index is 11.2. The number of carbonyl (C=O) groups excluding carboxylic acids is 1. The fraction of sp³-hybridized carbons (Fsp3) is 0.0909. The molecule has 0 aliphatic heterocycles. The summed E-state index contributed by atoms with van der Waals surface area (Å²) in [6, 6.07) is 4.35. The van der Waals surface area contributed by atoms with E-state index in [-0.39, 0.29) is 17.9 Å². The predicted octanol–water partition coefficient (Wildman–Crippen LogP) is 0.530. The molecular formula is C11H10N2O4. The third-order valence-electron chi connectivity index (χ3n) is 2.44. The van der Waals surface area contributed by atoms with Gasteiger partial charge in [-0.2, -0.15) is 0 Å². The van der Waals surface area contributed by atoms with Gasteiger partial charge in [0, 0.05) is 17.1 Å². The van der Waals surface area contributed by atoms with Crippen molar-refractivity contribution in [1.82, 2.24) is 4.57 Å². The summed E-state index contributed by atoms with van der Waals surface area (Å²) in [5.74, 6) is -1.69. The van der Waals surface area contributed by atoms with E-state index in [4.69, 9.17) is 10.8 Å². The molecular weight excluding hydrogens is 224 g/mol. The minimum atomic E-state index is -1.02. The first-order chi connectivity index (χ1) is 7.99. The van der Waals surface area contributed by atoms with Crippen LogP contribution in [0.1, 0.15) is 10.4 Å². The molecule has 0 fully saturated rings. The number of aromatic hydroxyl groups is 1. The largest absolute Gasteiger partial charge is 0.508 e. The van der Waals surface area contributed by atoms with E-state index < -0.39 is 11.9 Å². The standard InChI is InChI=1S/C11H10N2O4/c12-11(17)8-4-13(5-10(15)16)9-2-1-6(14)3-7(8)9/h1-4,14H,5H2,(H2,12,17)(H,15,16). The van der Waals surface area contributed by atoms with Crippen LogP contribution in [0.15, 0.2) is 24.4 Å². The van der Waals surface area contributed by atoms with Gasteiger partial charge in [-0.05, 0) is 18.2 Å². The number of carboxylic acids is 1. The highest BCUT2D eigenvalue weighted by atomic mass is 16.4. The third-order valence-corrected chi connectivity index (χ3v) is 2.44. The number of aromatic nitrogens is 1. The van der Waals surface area contributed by atoms with E-state index in [2.05, 4.69) is 0 Å². The van der Waals surface area contributed by atoms with Gasteiger partial charge in [-0.15, -0.1) is 0 Å². The van der Waals surface area contributed by atoms with Gasteiger partial charge in [0.05, 0.1) is 5.56 Å². The molecule has 17 heavy (non-hydrogen) atoms. The summed E-state index contributed by atoms with van der Waals surface area (Å²) < 4.78 is 1.40. The van der Waals surface area contributed by atoms with E-state index in [1.54, 1.807) is 6.07 Å². The molecule has 1 aromatic carbocycles. The van der Waals surface area contributed by atoms with Crippen molar-refractivity contribution in [1.29, 1.82) is 0 Å². The Kier molecular flexibility index (Phi) is 2.47. The molecule has 88 valence electrons. The van der Waals surface area contributed by atoms with Crippen LogP contribution in [0.5, 0.6) is 5.75 Å². The Labute approximate surface area is 95.9 Å². The number of nitrogens with zero attached hydrogens (tertiary/aromatic N) is 1. The minimum absolute atomic E-state index is 0.00641. The van der Waals surface area contributed by atoms with Gasteiger partial charge in [0.15, 0.2) is 0 Å². The second kappa shape index (κ2) is 3.82. The molecule has 0 bridgehead atoms. The smallest absolute Gasteiger partial charge is 0.323 e. The molecule has 6 nitrogen and oxygen atoms in total. The third kappa shape index (κ3) is 1.92. The molecule has 0 aliphatic rings. The summed E-state index contributed by atoms with van der Waals surface area (Å²) in [6.07, 6.45) is 1.38. The maximum absolute atomic E-state index is 11.2. The first-order valence-electron chi connectivity index (χ1n) is 4.82. The lowest BCUT2D eigenvalue weighted by Crippen LogP contribution is -2.11. The number of amides is 1. The zero-order valence-electron chi connectivity index (χ0n) is 8.75. The Morgan fingerprint density at radius 3 is 2.65 bits per heavy atom. The number of aliphatic carboxylic acids is 1. The van der Waals surface area contributed by atoms with Crippen molar-refractivity contribution in [2.45, 2.75) is 6.54 Å². The van der Waals surface area contributed by atoms with Crippen molar-refractivity contribution in [2.75, 3.05) is 0 Å². The number of hydrogen-bond donors (Lipinski definition) is 3. The van der Waals surface area contributed by atoms with E-state index in [1.165, 1.54) is 22.9 Å². The van der Waals surface area contributed by atoms with Gasteiger partial charge in [-0.3, -0.25) is 9.59 Å². The molecule has 0 unspecified atom stereocenters. The van der Waals surface area contributed by atoms with Gasteiger partial charge in [-0.1, -0.05) is 0 Å². The summed E-state index contributed by atoms with van der Waals surface area (Å²) in [5, 5.41) is 18.5. The maximum Gasteiger partial charge on any atom is 0.323 e. The monoisotopic (exact) mass is 234 g/mol. The lowest BCUT2D eigenvalue weighted by atomic mass is 10.1. The fourth-order valence-corrected chi connectivity index (χ4v) is 1.76. The van der Waals surface area contributed by atoms with Crippen molar-refractivity contribution < 1.29 is 19.8 Å². The number of carbonyl (C=O) groups is 2. The normalized spacial score (nSPS) is 10.6. The lowest BCUT2D eigenvalue weighted by molar-refractivity contribution is -0.137. The van der Waals surface area contributed by atoms with Crippen LogP contribution in [0.2, 0.25) is 0 Å². The number of rotatable bonds is 3.